The molecule has 3 rings (SSSR count). The Labute approximate surface area is 112 Å². The van der Waals surface area contributed by atoms with Gasteiger partial charge in [-0.05, 0) is 40.8 Å². The SMILES string of the molecule is C1=Cc2cc3ccccc3cc2CC1.[Na+]. The molecule has 0 amide bonds. The maximum atomic E-state index is 2.33. The second-order valence-electron chi connectivity index (χ2n) is 3.84. The van der Waals surface area contributed by atoms with Crippen molar-refractivity contribution in [3.63, 3.8) is 0 Å². The van der Waals surface area contributed by atoms with E-state index in [2.05, 4.69) is 48.6 Å². The van der Waals surface area contributed by atoms with Gasteiger partial charge < -0.3 is 0 Å². The molecule has 0 aliphatic heterocycles. The van der Waals surface area contributed by atoms with Crippen LogP contribution >= 0.6 is 0 Å². The Morgan fingerprint density at radius 1 is 0.933 bits per heavy atom. The Balaban J connectivity index is 0.000000853. The van der Waals surface area contributed by atoms with Crippen LogP contribution in [-0.2, 0) is 6.42 Å². The van der Waals surface area contributed by atoms with E-state index in [1.54, 1.807) is 0 Å². The van der Waals surface area contributed by atoms with E-state index in [9.17, 15) is 0 Å². The molecule has 0 aromatic heterocycles. The van der Waals surface area contributed by atoms with Crippen LogP contribution in [0.1, 0.15) is 17.5 Å². The maximum Gasteiger partial charge on any atom is 1.00 e. The summed E-state index contributed by atoms with van der Waals surface area (Å²) >= 11 is 0. The van der Waals surface area contributed by atoms with Crippen molar-refractivity contribution in [1.82, 2.24) is 0 Å². The quantitative estimate of drug-likeness (QED) is 0.556. The van der Waals surface area contributed by atoms with Gasteiger partial charge in [0.2, 0.25) is 0 Å². The van der Waals surface area contributed by atoms with Crippen LogP contribution in [0.15, 0.2) is 42.5 Å². The number of fused-ring (bicyclic) bond motifs is 2. The summed E-state index contributed by atoms with van der Waals surface area (Å²) in [5, 5.41) is 2.71. The topological polar surface area (TPSA) is 0 Å². The van der Waals surface area contributed by atoms with Crippen LogP contribution in [0.25, 0.3) is 16.8 Å². The summed E-state index contributed by atoms with van der Waals surface area (Å²) < 4.78 is 0. The molecule has 1 heteroatoms. The molecule has 0 bridgehead atoms. The molecule has 1 aliphatic rings. The fourth-order valence-electron chi connectivity index (χ4n) is 2.13. The first kappa shape index (κ1) is 10.9. The number of hydrogen-bond acceptors (Lipinski definition) is 0. The van der Waals surface area contributed by atoms with Crippen LogP contribution in [0.2, 0.25) is 0 Å². The van der Waals surface area contributed by atoms with E-state index in [0.717, 1.165) is 0 Å². The van der Waals surface area contributed by atoms with Crippen molar-refractivity contribution in [2.24, 2.45) is 0 Å². The predicted molar refractivity (Wildman–Crippen MR) is 61.3 cm³/mol. The summed E-state index contributed by atoms with van der Waals surface area (Å²) in [5.74, 6) is 0. The molecule has 1 aliphatic carbocycles. The molecule has 0 radical (unpaired) electrons. The molecule has 0 saturated carbocycles. The van der Waals surface area contributed by atoms with Crippen LogP contribution in [0.3, 0.4) is 0 Å². The van der Waals surface area contributed by atoms with Gasteiger partial charge in [0, 0.05) is 0 Å². The number of aryl methyl sites for hydroxylation is 1. The molecular weight excluding hydrogens is 191 g/mol. The van der Waals surface area contributed by atoms with Crippen LogP contribution < -0.4 is 29.6 Å². The first-order chi connectivity index (χ1) is 6.93. The summed E-state index contributed by atoms with van der Waals surface area (Å²) in [4.78, 5) is 0. The number of hydrogen-bond donors (Lipinski definition) is 0. The minimum Gasteiger partial charge on any atom is -0.0836 e. The average molecular weight is 203 g/mol. The average Bonchev–Trinajstić information content (AvgIpc) is 2.26. The summed E-state index contributed by atoms with van der Waals surface area (Å²) in [7, 11) is 0. The number of benzene rings is 2. The molecule has 2 aromatic rings. The third-order valence-electron chi connectivity index (χ3n) is 2.89. The van der Waals surface area contributed by atoms with Crippen LogP contribution in [0, 0.1) is 0 Å². The Morgan fingerprint density at radius 2 is 1.67 bits per heavy atom. The molecule has 0 N–H and O–H groups in total. The van der Waals surface area contributed by atoms with Crippen LogP contribution in [-0.4, -0.2) is 0 Å². The number of rotatable bonds is 0. The van der Waals surface area contributed by atoms with Gasteiger partial charge in [-0.1, -0.05) is 42.5 Å². The molecule has 2 aromatic carbocycles. The van der Waals surface area contributed by atoms with Crippen molar-refractivity contribution in [3.05, 3.63) is 53.6 Å². The van der Waals surface area contributed by atoms with E-state index < -0.39 is 0 Å². The molecular formula is C14H12Na+. The Bertz CT molecular complexity index is 512. The molecule has 0 saturated heterocycles. The molecule has 68 valence electrons. The van der Waals surface area contributed by atoms with Gasteiger partial charge in [-0.3, -0.25) is 0 Å². The van der Waals surface area contributed by atoms with E-state index >= 15 is 0 Å². The zero-order chi connectivity index (χ0) is 9.38. The monoisotopic (exact) mass is 203 g/mol. The minimum atomic E-state index is 0. The van der Waals surface area contributed by atoms with Gasteiger partial charge >= 0.3 is 29.6 Å². The van der Waals surface area contributed by atoms with Crippen molar-refractivity contribution in [1.29, 1.82) is 0 Å². The molecule has 15 heavy (non-hydrogen) atoms. The van der Waals surface area contributed by atoms with E-state index in [1.165, 1.54) is 34.7 Å². The fourth-order valence-corrected chi connectivity index (χ4v) is 2.13. The Kier molecular flexibility index (Phi) is 3.30. The largest absolute Gasteiger partial charge is 1.00 e. The second kappa shape index (κ2) is 4.52. The van der Waals surface area contributed by atoms with E-state index in [1.807, 2.05) is 0 Å². The smallest absolute Gasteiger partial charge is 0.0836 e. The zero-order valence-electron chi connectivity index (χ0n) is 9.03. The first-order valence-corrected chi connectivity index (χ1v) is 5.12. The molecule has 0 heterocycles. The minimum absolute atomic E-state index is 0. The summed E-state index contributed by atoms with van der Waals surface area (Å²) in [5.41, 5.74) is 2.89. The van der Waals surface area contributed by atoms with Crippen LogP contribution in [0.5, 0.6) is 0 Å². The van der Waals surface area contributed by atoms with Crippen molar-refractivity contribution in [2.75, 3.05) is 0 Å². The Hall–Kier alpha value is -0.560. The summed E-state index contributed by atoms with van der Waals surface area (Å²) in [6, 6.07) is 13.2. The third-order valence-corrected chi connectivity index (χ3v) is 2.89. The summed E-state index contributed by atoms with van der Waals surface area (Å²) in [6.07, 6.45) is 6.88. The number of allylic oxidation sites excluding steroid dienone is 1. The van der Waals surface area contributed by atoms with Gasteiger partial charge in [-0.2, -0.15) is 0 Å². The van der Waals surface area contributed by atoms with Crippen molar-refractivity contribution < 1.29 is 29.6 Å². The van der Waals surface area contributed by atoms with Gasteiger partial charge in [0.15, 0.2) is 0 Å². The maximum absolute atomic E-state index is 2.33. The van der Waals surface area contributed by atoms with Crippen molar-refractivity contribution in [2.45, 2.75) is 12.8 Å². The summed E-state index contributed by atoms with van der Waals surface area (Å²) in [6.45, 7) is 0. The second-order valence-corrected chi connectivity index (χ2v) is 3.84. The molecule has 0 unspecified atom stereocenters. The molecule has 0 atom stereocenters. The van der Waals surface area contributed by atoms with Crippen molar-refractivity contribution in [3.8, 4) is 0 Å². The van der Waals surface area contributed by atoms with E-state index in [-0.39, 0.29) is 29.6 Å². The normalized spacial score (nSPS) is 13.3. The van der Waals surface area contributed by atoms with Gasteiger partial charge in [-0.25, -0.2) is 0 Å². The van der Waals surface area contributed by atoms with E-state index in [0.29, 0.717) is 0 Å². The molecule has 0 nitrogen and oxygen atoms in total. The predicted octanol–water partition coefficient (Wildman–Crippen LogP) is 0.803. The fraction of sp³-hybridized carbons (Fsp3) is 0.143. The third kappa shape index (κ3) is 2.03. The molecule has 0 spiro atoms. The van der Waals surface area contributed by atoms with Gasteiger partial charge in [0.1, 0.15) is 0 Å². The zero-order valence-corrected chi connectivity index (χ0v) is 11.0. The van der Waals surface area contributed by atoms with Crippen molar-refractivity contribution >= 4 is 16.8 Å². The first-order valence-electron chi connectivity index (χ1n) is 5.12. The standard InChI is InChI=1S/C14H12.Na/c1-2-6-12-10-14-8-4-3-7-13(14)9-11(12)5-1;/h1-3,5-7,9-10H,4,8H2;/q;+1. The Morgan fingerprint density at radius 3 is 2.47 bits per heavy atom. The molecule has 0 fully saturated rings. The van der Waals surface area contributed by atoms with Gasteiger partial charge in [-0.15, -0.1) is 0 Å². The van der Waals surface area contributed by atoms with Gasteiger partial charge in [0.25, 0.3) is 0 Å². The van der Waals surface area contributed by atoms with Gasteiger partial charge in [0.05, 0.1) is 0 Å². The van der Waals surface area contributed by atoms with Crippen LogP contribution in [0.4, 0.5) is 0 Å². The van der Waals surface area contributed by atoms with E-state index in [4.69, 9.17) is 0 Å².